The van der Waals surface area contributed by atoms with Crippen LogP contribution < -0.4 is 5.32 Å². The van der Waals surface area contributed by atoms with E-state index in [1.807, 2.05) is 20.8 Å². The monoisotopic (exact) mass is 199 g/mol. The average molecular weight is 199 g/mol. The molecule has 1 aliphatic carbocycles. The Hall–Kier alpha value is -0.570. The van der Waals surface area contributed by atoms with Crippen LogP contribution in [0.15, 0.2) is 0 Å². The zero-order valence-electron chi connectivity index (χ0n) is 9.34. The van der Waals surface area contributed by atoms with Crippen LogP contribution in [-0.2, 0) is 4.79 Å². The molecule has 0 aromatic rings. The molecular weight excluding hydrogens is 178 g/mol. The Kier molecular flexibility index (Phi) is 3.53. The average Bonchev–Trinajstić information content (AvgIpc) is 2.84. The van der Waals surface area contributed by atoms with Crippen LogP contribution in [0, 0.1) is 11.3 Å². The Morgan fingerprint density at radius 2 is 2.07 bits per heavy atom. The molecule has 1 rings (SSSR count). The number of rotatable bonds is 4. The van der Waals surface area contributed by atoms with E-state index in [2.05, 4.69) is 5.32 Å². The van der Waals surface area contributed by atoms with Gasteiger partial charge in [-0.1, -0.05) is 20.8 Å². The van der Waals surface area contributed by atoms with E-state index in [1.54, 1.807) is 0 Å². The summed E-state index contributed by atoms with van der Waals surface area (Å²) in [6.45, 7) is 6.26. The van der Waals surface area contributed by atoms with Crippen LogP contribution in [-0.4, -0.2) is 23.7 Å². The molecule has 1 fully saturated rings. The lowest BCUT2D eigenvalue weighted by atomic mass is 9.95. The fourth-order valence-electron chi connectivity index (χ4n) is 1.32. The van der Waals surface area contributed by atoms with Crippen LogP contribution in [0.5, 0.6) is 0 Å². The number of aliphatic hydroxyl groups is 1. The van der Waals surface area contributed by atoms with E-state index in [4.69, 9.17) is 0 Å². The first-order valence-electron chi connectivity index (χ1n) is 5.37. The van der Waals surface area contributed by atoms with Gasteiger partial charge in [0.2, 0.25) is 5.91 Å². The molecule has 2 N–H and O–H groups in total. The lowest BCUT2D eigenvalue weighted by Crippen LogP contribution is -2.36. The predicted octanol–water partition coefficient (Wildman–Crippen LogP) is 1.31. The van der Waals surface area contributed by atoms with Crippen LogP contribution in [0.4, 0.5) is 0 Å². The summed E-state index contributed by atoms with van der Waals surface area (Å²) in [7, 11) is 0. The van der Waals surface area contributed by atoms with Gasteiger partial charge in [-0.25, -0.2) is 0 Å². The van der Waals surface area contributed by atoms with Gasteiger partial charge in [-0.15, -0.1) is 0 Å². The van der Waals surface area contributed by atoms with Crippen molar-refractivity contribution in [2.45, 2.75) is 46.1 Å². The molecule has 14 heavy (non-hydrogen) atoms. The van der Waals surface area contributed by atoms with E-state index >= 15 is 0 Å². The van der Waals surface area contributed by atoms with E-state index in [0.717, 1.165) is 12.8 Å². The van der Waals surface area contributed by atoms with Gasteiger partial charge in [-0.05, 0) is 25.2 Å². The van der Waals surface area contributed by atoms with E-state index in [1.165, 1.54) is 0 Å². The second kappa shape index (κ2) is 4.30. The number of carbonyl (C=O) groups excluding carboxylic acids is 1. The molecule has 3 heteroatoms. The van der Waals surface area contributed by atoms with Gasteiger partial charge in [0.25, 0.3) is 0 Å². The molecule has 0 saturated heterocycles. The molecule has 0 aromatic heterocycles. The summed E-state index contributed by atoms with van der Waals surface area (Å²) in [6, 6.07) is 0. The van der Waals surface area contributed by atoms with E-state index < -0.39 is 0 Å². The summed E-state index contributed by atoms with van der Waals surface area (Å²) in [6.07, 6.45) is 2.77. The van der Waals surface area contributed by atoms with E-state index in [0.29, 0.717) is 18.9 Å². The summed E-state index contributed by atoms with van der Waals surface area (Å²) in [4.78, 5) is 11.4. The number of aliphatic hydroxyl groups excluding tert-OH is 1. The van der Waals surface area contributed by atoms with Crippen LogP contribution in [0.1, 0.15) is 40.0 Å². The molecule has 1 aliphatic rings. The molecule has 0 radical (unpaired) electrons. The third-order valence-electron chi connectivity index (χ3n) is 2.57. The highest BCUT2D eigenvalue weighted by atomic mass is 16.3. The highest BCUT2D eigenvalue weighted by Gasteiger charge is 2.29. The maximum Gasteiger partial charge on any atom is 0.225 e. The molecule has 0 aromatic carbocycles. The zero-order chi connectivity index (χ0) is 10.8. The van der Waals surface area contributed by atoms with Crippen molar-refractivity contribution >= 4 is 5.91 Å². The number of hydrogen-bond acceptors (Lipinski definition) is 2. The molecule has 82 valence electrons. The molecule has 0 aliphatic heterocycles. The molecule has 1 amide bonds. The normalized spacial score (nSPS) is 19.1. The van der Waals surface area contributed by atoms with Gasteiger partial charge >= 0.3 is 0 Å². The standard InChI is InChI=1S/C11H21NO2/c1-11(2,3)10(14)12-7-6-9(13)8-4-5-8/h8-9,13H,4-7H2,1-3H3,(H,12,14)/t9-/m0/s1. The maximum atomic E-state index is 11.4. The summed E-state index contributed by atoms with van der Waals surface area (Å²) in [5.74, 6) is 0.557. The van der Waals surface area contributed by atoms with Crippen molar-refractivity contribution in [2.24, 2.45) is 11.3 Å². The molecular formula is C11H21NO2. The van der Waals surface area contributed by atoms with Crippen molar-refractivity contribution in [1.82, 2.24) is 5.32 Å². The van der Waals surface area contributed by atoms with Crippen molar-refractivity contribution in [1.29, 1.82) is 0 Å². The Bertz CT molecular complexity index is 204. The highest BCUT2D eigenvalue weighted by Crippen LogP contribution is 2.33. The topological polar surface area (TPSA) is 49.3 Å². The second-order valence-electron chi connectivity index (χ2n) is 5.20. The lowest BCUT2D eigenvalue weighted by Gasteiger charge is -2.18. The number of hydrogen-bond donors (Lipinski definition) is 2. The van der Waals surface area contributed by atoms with Gasteiger partial charge in [-0.3, -0.25) is 4.79 Å². The minimum Gasteiger partial charge on any atom is -0.393 e. The Morgan fingerprint density at radius 1 is 1.50 bits per heavy atom. The number of amides is 1. The Balaban J connectivity index is 2.11. The van der Waals surface area contributed by atoms with Crippen LogP contribution in [0.3, 0.4) is 0 Å². The fraction of sp³-hybridized carbons (Fsp3) is 0.909. The molecule has 0 heterocycles. The minimum atomic E-state index is -0.329. The van der Waals surface area contributed by atoms with Crippen LogP contribution in [0.25, 0.3) is 0 Å². The maximum absolute atomic E-state index is 11.4. The van der Waals surface area contributed by atoms with Crippen LogP contribution in [0.2, 0.25) is 0 Å². The van der Waals surface area contributed by atoms with Gasteiger partial charge in [0.05, 0.1) is 6.10 Å². The molecule has 1 atom stereocenters. The van der Waals surface area contributed by atoms with Gasteiger partial charge in [0.15, 0.2) is 0 Å². The molecule has 1 saturated carbocycles. The molecule has 0 bridgehead atoms. The summed E-state index contributed by atoms with van der Waals surface area (Å²) in [5.41, 5.74) is -0.329. The smallest absolute Gasteiger partial charge is 0.225 e. The van der Waals surface area contributed by atoms with Crippen molar-refractivity contribution in [3.63, 3.8) is 0 Å². The summed E-state index contributed by atoms with van der Waals surface area (Å²) >= 11 is 0. The highest BCUT2D eigenvalue weighted by molar-refractivity contribution is 5.81. The number of carbonyl (C=O) groups is 1. The largest absolute Gasteiger partial charge is 0.393 e. The summed E-state index contributed by atoms with van der Waals surface area (Å²) < 4.78 is 0. The minimum absolute atomic E-state index is 0.0560. The van der Waals surface area contributed by atoms with Crippen molar-refractivity contribution < 1.29 is 9.90 Å². The van der Waals surface area contributed by atoms with E-state index in [-0.39, 0.29) is 17.4 Å². The lowest BCUT2D eigenvalue weighted by molar-refractivity contribution is -0.128. The molecule has 0 unspecified atom stereocenters. The van der Waals surface area contributed by atoms with Crippen molar-refractivity contribution in [3.8, 4) is 0 Å². The quantitative estimate of drug-likeness (QED) is 0.717. The second-order valence-corrected chi connectivity index (χ2v) is 5.20. The van der Waals surface area contributed by atoms with Gasteiger partial charge in [0, 0.05) is 12.0 Å². The first-order chi connectivity index (χ1) is 6.41. The van der Waals surface area contributed by atoms with E-state index in [9.17, 15) is 9.90 Å². The fourth-order valence-corrected chi connectivity index (χ4v) is 1.32. The summed E-state index contributed by atoms with van der Waals surface area (Å²) in [5, 5.41) is 12.4. The molecule has 0 spiro atoms. The third-order valence-corrected chi connectivity index (χ3v) is 2.57. The van der Waals surface area contributed by atoms with Gasteiger partial charge in [-0.2, -0.15) is 0 Å². The predicted molar refractivity (Wildman–Crippen MR) is 55.8 cm³/mol. The number of nitrogens with one attached hydrogen (secondary N) is 1. The Morgan fingerprint density at radius 3 is 2.50 bits per heavy atom. The van der Waals surface area contributed by atoms with Gasteiger partial charge in [0.1, 0.15) is 0 Å². The Labute approximate surface area is 85.9 Å². The SMILES string of the molecule is CC(C)(C)C(=O)NCC[C@H](O)C1CC1. The third kappa shape index (κ3) is 3.66. The van der Waals surface area contributed by atoms with Gasteiger partial charge < -0.3 is 10.4 Å². The van der Waals surface area contributed by atoms with Crippen molar-refractivity contribution in [3.05, 3.63) is 0 Å². The first kappa shape index (κ1) is 11.5. The van der Waals surface area contributed by atoms with Crippen molar-refractivity contribution in [2.75, 3.05) is 6.54 Å². The zero-order valence-corrected chi connectivity index (χ0v) is 9.34. The first-order valence-corrected chi connectivity index (χ1v) is 5.37. The molecule has 3 nitrogen and oxygen atoms in total. The van der Waals surface area contributed by atoms with Crippen LogP contribution >= 0.6 is 0 Å².